The number of nitrogens with one attached hydrogen (secondary N) is 1. The molecule has 7 nitrogen and oxygen atoms in total. The van der Waals surface area contributed by atoms with E-state index in [1.54, 1.807) is 13.1 Å². The summed E-state index contributed by atoms with van der Waals surface area (Å²) in [6.45, 7) is 4.52. The highest BCUT2D eigenvalue weighted by Gasteiger charge is 2.30. The molecule has 2 aliphatic rings. The van der Waals surface area contributed by atoms with Crippen LogP contribution >= 0.6 is 0 Å². The van der Waals surface area contributed by atoms with Crippen LogP contribution in [0.5, 0.6) is 5.88 Å². The Bertz CT molecular complexity index is 648. The van der Waals surface area contributed by atoms with E-state index in [2.05, 4.69) is 29.8 Å². The van der Waals surface area contributed by atoms with Crippen LogP contribution in [0.2, 0.25) is 0 Å². The second kappa shape index (κ2) is 9.42. The van der Waals surface area contributed by atoms with E-state index in [0.717, 1.165) is 57.3 Å². The zero-order chi connectivity index (χ0) is 20.0. The van der Waals surface area contributed by atoms with E-state index in [0.29, 0.717) is 12.6 Å². The summed E-state index contributed by atoms with van der Waals surface area (Å²) in [5.74, 6) is 0.770. The molecule has 3 rings (SSSR count). The van der Waals surface area contributed by atoms with Crippen LogP contribution in [-0.2, 0) is 11.3 Å². The number of likely N-dealkylation sites (tertiary alicyclic amines) is 1. The quantitative estimate of drug-likeness (QED) is 0.596. The summed E-state index contributed by atoms with van der Waals surface area (Å²) in [5, 5.41) is 3.30. The van der Waals surface area contributed by atoms with Crippen LogP contribution in [0.4, 0.5) is 13.2 Å². The summed E-state index contributed by atoms with van der Waals surface area (Å²) in [5.41, 5.74) is 0.837. The molecule has 28 heavy (non-hydrogen) atoms. The highest BCUT2D eigenvalue weighted by Crippen LogP contribution is 2.18. The maximum Gasteiger partial charge on any atom is 0.422 e. The Morgan fingerprint density at radius 3 is 2.75 bits per heavy atom. The first-order chi connectivity index (χ1) is 13.4. The van der Waals surface area contributed by atoms with Gasteiger partial charge in [0.25, 0.3) is 0 Å². The van der Waals surface area contributed by atoms with Gasteiger partial charge >= 0.3 is 6.18 Å². The van der Waals surface area contributed by atoms with Gasteiger partial charge in [-0.3, -0.25) is 9.89 Å². The van der Waals surface area contributed by atoms with Gasteiger partial charge in [0.1, 0.15) is 0 Å². The van der Waals surface area contributed by atoms with Crippen LogP contribution in [-0.4, -0.2) is 86.0 Å². The molecule has 1 unspecified atom stereocenters. The standard InChI is InChI=1S/C18H26F3N5O2/c1-22-17(26-5-4-15(12-26)25-6-8-27-9-7-25)24-11-14-2-3-16(23-10-14)28-13-18(19,20)21/h2-3,10,15H,4-9,11-13H2,1H3,(H,22,24). The van der Waals surface area contributed by atoms with Gasteiger partial charge in [0.15, 0.2) is 12.6 Å². The van der Waals surface area contributed by atoms with Gasteiger partial charge in [-0.05, 0) is 12.0 Å². The SMILES string of the molecule is CN=C(NCc1ccc(OCC(F)(F)F)nc1)N1CCC(N2CCOCC2)C1. The van der Waals surface area contributed by atoms with Gasteiger partial charge in [0.2, 0.25) is 5.88 Å². The third-order valence-electron chi connectivity index (χ3n) is 4.87. The molecule has 0 aromatic carbocycles. The smallest absolute Gasteiger partial charge is 0.422 e. The number of halogens is 3. The molecule has 1 aromatic rings. The van der Waals surface area contributed by atoms with E-state index in [-0.39, 0.29) is 5.88 Å². The van der Waals surface area contributed by atoms with E-state index >= 15 is 0 Å². The molecular weight excluding hydrogens is 375 g/mol. The zero-order valence-electron chi connectivity index (χ0n) is 15.9. The normalized spacial score (nSPS) is 21.8. The second-order valence-electron chi connectivity index (χ2n) is 6.85. The number of aromatic nitrogens is 1. The lowest BCUT2D eigenvalue weighted by atomic mass is 10.2. The summed E-state index contributed by atoms with van der Waals surface area (Å²) in [6, 6.07) is 3.64. The number of rotatable bonds is 5. The van der Waals surface area contributed by atoms with Crippen LogP contribution in [0.3, 0.4) is 0 Å². The maximum atomic E-state index is 12.2. The predicted molar refractivity (Wildman–Crippen MR) is 98.4 cm³/mol. The number of ether oxygens (including phenoxy) is 2. The van der Waals surface area contributed by atoms with Gasteiger partial charge in [-0.25, -0.2) is 4.98 Å². The molecule has 0 radical (unpaired) electrons. The van der Waals surface area contributed by atoms with Crippen LogP contribution in [0.1, 0.15) is 12.0 Å². The van der Waals surface area contributed by atoms with Crippen molar-refractivity contribution in [2.24, 2.45) is 4.99 Å². The van der Waals surface area contributed by atoms with Crippen molar-refractivity contribution < 1.29 is 22.6 Å². The van der Waals surface area contributed by atoms with Gasteiger partial charge in [-0.15, -0.1) is 0 Å². The summed E-state index contributed by atoms with van der Waals surface area (Å²) >= 11 is 0. The van der Waals surface area contributed by atoms with Crippen molar-refractivity contribution in [3.8, 4) is 5.88 Å². The van der Waals surface area contributed by atoms with Crippen molar-refractivity contribution in [1.29, 1.82) is 0 Å². The van der Waals surface area contributed by atoms with Crippen LogP contribution < -0.4 is 10.1 Å². The zero-order valence-corrected chi connectivity index (χ0v) is 15.9. The van der Waals surface area contributed by atoms with Crippen molar-refractivity contribution in [3.05, 3.63) is 23.9 Å². The minimum atomic E-state index is -4.37. The highest BCUT2D eigenvalue weighted by atomic mass is 19.4. The summed E-state index contributed by atoms with van der Waals surface area (Å²) in [7, 11) is 1.75. The number of alkyl halides is 3. The minimum Gasteiger partial charge on any atom is -0.468 e. The monoisotopic (exact) mass is 401 g/mol. The minimum absolute atomic E-state index is 0.0432. The fourth-order valence-electron chi connectivity index (χ4n) is 3.44. The third kappa shape index (κ3) is 5.96. The van der Waals surface area contributed by atoms with E-state index < -0.39 is 12.8 Å². The molecule has 10 heteroatoms. The molecule has 3 heterocycles. The first-order valence-corrected chi connectivity index (χ1v) is 9.36. The van der Waals surface area contributed by atoms with Gasteiger partial charge in [-0.1, -0.05) is 6.07 Å². The molecule has 0 aliphatic carbocycles. The molecule has 0 bridgehead atoms. The van der Waals surface area contributed by atoms with E-state index in [1.807, 2.05) is 0 Å². The van der Waals surface area contributed by atoms with Crippen molar-refractivity contribution >= 4 is 5.96 Å². The van der Waals surface area contributed by atoms with Gasteiger partial charge < -0.3 is 19.7 Å². The van der Waals surface area contributed by atoms with Crippen molar-refractivity contribution in [2.75, 3.05) is 53.0 Å². The Kier molecular flexibility index (Phi) is 6.95. The second-order valence-corrected chi connectivity index (χ2v) is 6.85. The van der Waals surface area contributed by atoms with Crippen LogP contribution in [0.15, 0.2) is 23.3 Å². The molecule has 1 atom stereocenters. The van der Waals surface area contributed by atoms with E-state index in [1.165, 1.54) is 12.3 Å². The average Bonchev–Trinajstić information content (AvgIpc) is 3.18. The molecule has 156 valence electrons. The number of hydrogen-bond acceptors (Lipinski definition) is 5. The van der Waals surface area contributed by atoms with Gasteiger partial charge in [-0.2, -0.15) is 13.2 Å². The highest BCUT2D eigenvalue weighted by molar-refractivity contribution is 5.80. The Labute approximate surface area is 162 Å². The number of guanidine groups is 1. The summed E-state index contributed by atoms with van der Waals surface area (Å²) in [4.78, 5) is 13.0. The first kappa shape index (κ1) is 20.7. The molecular formula is C18H26F3N5O2. The number of hydrogen-bond donors (Lipinski definition) is 1. The number of morpholine rings is 1. The summed E-state index contributed by atoms with van der Waals surface area (Å²) < 4.78 is 46.6. The number of aliphatic imine (C=N–C) groups is 1. The molecule has 1 aromatic heterocycles. The van der Waals surface area contributed by atoms with Crippen molar-refractivity contribution in [3.63, 3.8) is 0 Å². The molecule has 1 N–H and O–H groups in total. The predicted octanol–water partition coefficient (Wildman–Crippen LogP) is 1.50. The lowest BCUT2D eigenvalue weighted by Gasteiger charge is -2.32. The van der Waals surface area contributed by atoms with Crippen molar-refractivity contribution in [2.45, 2.75) is 25.2 Å². The van der Waals surface area contributed by atoms with Crippen molar-refractivity contribution in [1.82, 2.24) is 20.1 Å². The fraction of sp³-hybridized carbons (Fsp3) is 0.667. The Morgan fingerprint density at radius 1 is 1.32 bits per heavy atom. The maximum absolute atomic E-state index is 12.2. The topological polar surface area (TPSA) is 62.2 Å². The molecule has 0 amide bonds. The lowest BCUT2D eigenvalue weighted by molar-refractivity contribution is -0.154. The van der Waals surface area contributed by atoms with Gasteiger partial charge in [0, 0.05) is 58.1 Å². The lowest BCUT2D eigenvalue weighted by Crippen LogP contribution is -2.46. The van der Waals surface area contributed by atoms with E-state index in [9.17, 15) is 13.2 Å². The number of nitrogens with zero attached hydrogens (tertiary/aromatic N) is 4. The number of pyridine rings is 1. The summed E-state index contributed by atoms with van der Waals surface area (Å²) in [6.07, 6.45) is -1.77. The first-order valence-electron chi connectivity index (χ1n) is 9.36. The largest absolute Gasteiger partial charge is 0.468 e. The van der Waals surface area contributed by atoms with Gasteiger partial charge in [0.05, 0.1) is 13.2 Å². The molecule has 2 aliphatic heterocycles. The fourth-order valence-corrected chi connectivity index (χ4v) is 3.44. The Balaban J connectivity index is 1.46. The van der Waals surface area contributed by atoms with E-state index in [4.69, 9.17) is 4.74 Å². The third-order valence-corrected chi connectivity index (χ3v) is 4.87. The molecule has 2 fully saturated rings. The van der Waals surface area contributed by atoms with Crippen LogP contribution in [0.25, 0.3) is 0 Å². The molecule has 0 saturated carbocycles. The Hall–Kier alpha value is -2.07. The Morgan fingerprint density at radius 2 is 2.11 bits per heavy atom. The molecule has 0 spiro atoms. The molecule has 2 saturated heterocycles. The van der Waals surface area contributed by atoms with Crippen LogP contribution in [0, 0.1) is 0 Å². The average molecular weight is 401 g/mol.